The number of benzene rings is 1. The topological polar surface area (TPSA) is 60.2 Å². The van der Waals surface area contributed by atoms with Crippen molar-refractivity contribution in [3.63, 3.8) is 0 Å². The van der Waals surface area contributed by atoms with Crippen LogP contribution in [0.2, 0.25) is 0 Å². The van der Waals surface area contributed by atoms with Crippen LogP contribution in [0.3, 0.4) is 0 Å². The molecular formula is C16H23N3O2. The number of hydrogen-bond donors (Lipinski definition) is 1. The van der Waals surface area contributed by atoms with Crippen LogP contribution in [0.15, 0.2) is 28.8 Å². The Labute approximate surface area is 125 Å². The average Bonchev–Trinajstić information content (AvgIpc) is 3.00. The summed E-state index contributed by atoms with van der Waals surface area (Å²) < 4.78 is 10.5. The van der Waals surface area contributed by atoms with E-state index < -0.39 is 0 Å². The Morgan fingerprint density at radius 2 is 2.24 bits per heavy atom. The zero-order chi connectivity index (χ0) is 15.1. The molecule has 0 radical (unpaired) electrons. The summed E-state index contributed by atoms with van der Waals surface area (Å²) in [6.45, 7) is 5.38. The molecule has 1 aromatic heterocycles. The van der Waals surface area contributed by atoms with E-state index in [4.69, 9.17) is 9.26 Å². The molecule has 0 aliphatic rings. The number of rotatable bonds is 8. The van der Waals surface area contributed by atoms with E-state index >= 15 is 0 Å². The zero-order valence-electron chi connectivity index (χ0n) is 12.9. The van der Waals surface area contributed by atoms with Gasteiger partial charge in [-0.25, -0.2) is 0 Å². The largest absolute Gasteiger partial charge is 0.497 e. The molecule has 0 spiro atoms. The number of ether oxygens (including phenoxy) is 1. The predicted octanol–water partition coefficient (Wildman–Crippen LogP) is 3.07. The van der Waals surface area contributed by atoms with Crippen LogP contribution in [0.5, 0.6) is 5.75 Å². The van der Waals surface area contributed by atoms with Crippen LogP contribution >= 0.6 is 0 Å². The Morgan fingerprint density at radius 3 is 3.00 bits per heavy atom. The standard InChI is InChI=1S/C16H23N3O2/c1-4-10-17-12(2)8-9-15-18-16(19-21-15)13-6-5-7-14(11-13)20-3/h5-7,11-12,17H,4,8-10H2,1-3H3. The van der Waals surface area contributed by atoms with Gasteiger partial charge in [-0.3, -0.25) is 0 Å². The molecule has 1 aromatic carbocycles. The average molecular weight is 289 g/mol. The molecule has 5 nitrogen and oxygen atoms in total. The van der Waals surface area contributed by atoms with Crippen molar-refractivity contribution in [3.05, 3.63) is 30.2 Å². The molecule has 0 bridgehead atoms. The molecule has 21 heavy (non-hydrogen) atoms. The third-order valence-electron chi connectivity index (χ3n) is 3.33. The van der Waals surface area contributed by atoms with Gasteiger partial charge in [0.1, 0.15) is 5.75 Å². The van der Waals surface area contributed by atoms with E-state index in [9.17, 15) is 0 Å². The molecule has 114 valence electrons. The number of hydrogen-bond acceptors (Lipinski definition) is 5. The third kappa shape index (κ3) is 4.56. The molecule has 2 rings (SSSR count). The summed E-state index contributed by atoms with van der Waals surface area (Å²) in [5.74, 6) is 2.08. The molecule has 5 heteroatoms. The SMILES string of the molecule is CCCNC(C)CCc1nc(-c2cccc(OC)c2)no1. The van der Waals surface area contributed by atoms with E-state index in [1.165, 1.54) is 0 Å². The van der Waals surface area contributed by atoms with Gasteiger partial charge in [0.05, 0.1) is 7.11 Å². The lowest BCUT2D eigenvalue weighted by molar-refractivity contribution is 0.367. The molecule has 0 saturated carbocycles. The van der Waals surface area contributed by atoms with Gasteiger partial charge >= 0.3 is 0 Å². The molecule has 0 aliphatic carbocycles. The molecule has 1 heterocycles. The van der Waals surface area contributed by atoms with Crippen molar-refractivity contribution < 1.29 is 9.26 Å². The minimum atomic E-state index is 0.456. The van der Waals surface area contributed by atoms with Crippen molar-refractivity contribution in [2.75, 3.05) is 13.7 Å². The van der Waals surface area contributed by atoms with Crippen molar-refractivity contribution in [2.45, 2.75) is 39.2 Å². The molecule has 1 N–H and O–H groups in total. The Hall–Kier alpha value is -1.88. The van der Waals surface area contributed by atoms with Crippen molar-refractivity contribution >= 4 is 0 Å². The first-order valence-corrected chi connectivity index (χ1v) is 7.43. The molecular weight excluding hydrogens is 266 g/mol. The van der Waals surface area contributed by atoms with Crippen LogP contribution in [0.25, 0.3) is 11.4 Å². The summed E-state index contributed by atoms with van der Waals surface area (Å²) in [5.41, 5.74) is 0.904. The van der Waals surface area contributed by atoms with Gasteiger partial charge < -0.3 is 14.6 Å². The first kappa shape index (κ1) is 15.5. The highest BCUT2D eigenvalue weighted by Crippen LogP contribution is 2.21. The second kappa shape index (κ2) is 7.78. The fraction of sp³-hybridized carbons (Fsp3) is 0.500. The van der Waals surface area contributed by atoms with E-state index in [1.54, 1.807) is 7.11 Å². The first-order chi connectivity index (χ1) is 10.2. The first-order valence-electron chi connectivity index (χ1n) is 7.43. The van der Waals surface area contributed by atoms with Crippen molar-refractivity contribution in [3.8, 4) is 17.1 Å². The highest BCUT2D eigenvalue weighted by molar-refractivity contribution is 5.56. The Morgan fingerprint density at radius 1 is 1.38 bits per heavy atom. The van der Waals surface area contributed by atoms with E-state index in [0.717, 1.165) is 37.1 Å². The van der Waals surface area contributed by atoms with Gasteiger partial charge in [-0.1, -0.05) is 24.2 Å². The van der Waals surface area contributed by atoms with Crippen molar-refractivity contribution in [1.82, 2.24) is 15.5 Å². The summed E-state index contributed by atoms with van der Waals surface area (Å²) in [6.07, 6.45) is 2.92. The molecule has 2 aromatic rings. The minimum Gasteiger partial charge on any atom is -0.497 e. The van der Waals surface area contributed by atoms with Gasteiger partial charge in [0.15, 0.2) is 0 Å². The Kier molecular flexibility index (Phi) is 5.75. The number of methoxy groups -OCH3 is 1. The van der Waals surface area contributed by atoms with Gasteiger partial charge in [0.25, 0.3) is 0 Å². The quantitative estimate of drug-likeness (QED) is 0.809. The number of aromatic nitrogens is 2. The molecule has 1 unspecified atom stereocenters. The Bertz CT molecular complexity index is 554. The maximum Gasteiger partial charge on any atom is 0.227 e. The van der Waals surface area contributed by atoms with E-state index in [2.05, 4.69) is 29.3 Å². The van der Waals surface area contributed by atoms with Gasteiger partial charge in [-0.15, -0.1) is 0 Å². The molecule has 1 atom stereocenters. The van der Waals surface area contributed by atoms with E-state index in [1.807, 2.05) is 24.3 Å². The summed E-state index contributed by atoms with van der Waals surface area (Å²) in [6, 6.07) is 8.12. The van der Waals surface area contributed by atoms with Gasteiger partial charge in [0, 0.05) is 18.0 Å². The number of nitrogens with zero attached hydrogens (tertiary/aromatic N) is 2. The fourth-order valence-electron chi connectivity index (χ4n) is 2.07. The normalized spacial score (nSPS) is 12.3. The van der Waals surface area contributed by atoms with E-state index in [0.29, 0.717) is 17.8 Å². The number of nitrogens with one attached hydrogen (secondary N) is 1. The van der Waals surface area contributed by atoms with E-state index in [-0.39, 0.29) is 0 Å². The summed E-state index contributed by atoms with van der Waals surface area (Å²) in [4.78, 5) is 4.45. The predicted molar refractivity (Wildman–Crippen MR) is 82.4 cm³/mol. The zero-order valence-corrected chi connectivity index (χ0v) is 12.9. The van der Waals surface area contributed by atoms with Crippen molar-refractivity contribution in [2.24, 2.45) is 0 Å². The van der Waals surface area contributed by atoms with Crippen LogP contribution in [0, 0.1) is 0 Å². The molecule has 0 saturated heterocycles. The van der Waals surface area contributed by atoms with Crippen LogP contribution < -0.4 is 10.1 Å². The number of aryl methyl sites for hydroxylation is 1. The molecule has 0 amide bonds. The van der Waals surface area contributed by atoms with Gasteiger partial charge in [0.2, 0.25) is 11.7 Å². The maximum absolute atomic E-state index is 5.32. The monoisotopic (exact) mass is 289 g/mol. The smallest absolute Gasteiger partial charge is 0.227 e. The van der Waals surface area contributed by atoms with Crippen LogP contribution in [0.1, 0.15) is 32.6 Å². The van der Waals surface area contributed by atoms with Gasteiger partial charge in [-0.2, -0.15) is 4.98 Å². The molecule has 0 fully saturated rings. The van der Waals surface area contributed by atoms with Crippen LogP contribution in [0.4, 0.5) is 0 Å². The highest BCUT2D eigenvalue weighted by atomic mass is 16.5. The van der Waals surface area contributed by atoms with Crippen molar-refractivity contribution in [1.29, 1.82) is 0 Å². The van der Waals surface area contributed by atoms with Crippen LogP contribution in [-0.2, 0) is 6.42 Å². The highest BCUT2D eigenvalue weighted by Gasteiger charge is 2.10. The molecule has 0 aliphatic heterocycles. The van der Waals surface area contributed by atoms with Crippen LogP contribution in [-0.4, -0.2) is 29.8 Å². The second-order valence-electron chi connectivity index (χ2n) is 5.14. The summed E-state index contributed by atoms with van der Waals surface area (Å²) >= 11 is 0. The summed E-state index contributed by atoms with van der Waals surface area (Å²) in [7, 11) is 1.64. The maximum atomic E-state index is 5.32. The summed E-state index contributed by atoms with van der Waals surface area (Å²) in [5, 5.41) is 7.49. The lowest BCUT2D eigenvalue weighted by Gasteiger charge is -2.10. The van der Waals surface area contributed by atoms with Gasteiger partial charge in [-0.05, 0) is 38.4 Å². The third-order valence-corrected chi connectivity index (χ3v) is 3.33. The Balaban J connectivity index is 1.94. The lowest BCUT2D eigenvalue weighted by Crippen LogP contribution is -2.27. The second-order valence-corrected chi connectivity index (χ2v) is 5.14. The minimum absolute atomic E-state index is 0.456. The lowest BCUT2D eigenvalue weighted by atomic mass is 10.2. The fourth-order valence-corrected chi connectivity index (χ4v) is 2.07.